The zero-order chi connectivity index (χ0) is 14.7. The molecule has 0 fully saturated rings. The minimum Gasteiger partial charge on any atom is -0.464 e. The molecular weight excluding hydrogens is 263 g/mol. The first-order valence-electron chi connectivity index (χ1n) is 6.24. The lowest BCUT2D eigenvalue weighted by molar-refractivity contribution is 0.0905. The topological polar surface area (TPSA) is 65.7 Å². The van der Waals surface area contributed by atoms with Gasteiger partial charge in [-0.1, -0.05) is 0 Å². The van der Waals surface area contributed by atoms with Crippen molar-refractivity contribution >= 4 is 16.9 Å². The van der Waals surface area contributed by atoms with E-state index in [1.165, 1.54) is 12.3 Å². The fraction of sp³-hybridized carbons (Fsp3) is 0.357. The monoisotopic (exact) mass is 280 g/mol. The maximum Gasteiger partial charge on any atom is 0.255 e. The molecule has 2 rings (SSSR count). The molecule has 0 saturated carbocycles. The summed E-state index contributed by atoms with van der Waals surface area (Å²) >= 11 is 0. The van der Waals surface area contributed by atoms with Crippen LogP contribution in [0.25, 0.3) is 11.0 Å². The molecule has 1 amide bonds. The lowest BCUT2D eigenvalue weighted by atomic mass is 10.1. The minimum atomic E-state index is -0.503. The Balaban J connectivity index is 2.24. The Morgan fingerprint density at radius 3 is 2.90 bits per heavy atom. The van der Waals surface area contributed by atoms with E-state index in [0.29, 0.717) is 17.5 Å². The van der Waals surface area contributed by atoms with E-state index in [1.54, 1.807) is 6.07 Å². The third-order valence-electron chi connectivity index (χ3n) is 2.90. The fourth-order valence-corrected chi connectivity index (χ4v) is 2.07. The molecule has 5 nitrogen and oxygen atoms in total. The van der Waals surface area contributed by atoms with Crippen LogP contribution >= 0.6 is 0 Å². The van der Waals surface area contributed by atoms with Crippen LogP contribution in [0.4, 0.5) is 4.39 Å². The van der Waals surface area contributed by atoms with Gasteiger partial charge < -0.3 is 19.7 Å². The van der Waals surface area contributed by atoms with Crippen molar-refractivity contribution in [1.82, 2.24) is 10.2 Å². The Morgan fingerprint density at radius 2 is 2.25 bits per heavy atom. The number of nitrogens with one attached hydrogen (secondary N) is 1. The largest absolute Gasteiger partial charge is 0.464 e. The highest BCUT2D eigenvalue weighted by Gasteiger charge is 2.18. The number of halogens is 1. The molecule has 1 atom stereocenters. The van der Waals surface area contributed by atoms with E-state index in [1.807, 2.05) is 19.0 Å². The number of fused-ring (bicyclic) bond motifs is 1. The van der Waals surface area contributed by atoms with Crippen LogP contribution < -0.4 is 5.32 Å². The number of amides is 1. The number of benzene rings is 1. The van der Waals surface area contributed by atoms with Crippen molar-refractivity contribution in [3.8, 4) is 0 Å². The Morgan fingerprint density at radius 1 is 1.50 bits per heavy atom. The second kappa shape index (κ2) is 6.02. The molecule has 6 heteroatoms. The van der Waals surface area contributed by atoms with Crippen LogP contribution in [0.2, 0.25) is 0 Å². The molecule has 0 bridgehead atoms. The van der Waals surface area contributed by atoms with E-state index < -0.39 is 17.8 Å². The van der Waals surface area contributed by atoms with Crippen LogP contribution in [0.3, 0.4) is 0 Å². The maximum atomic E-state index is 13.5. The van der Waals surface area contributed by atoms with Gasteiger partial charge in [0.25, 0.3) is 5.91 Å². The van der Waals surface area contributed by atoms with Crippen molar-refractivity contribution in [1.29, 1.82) is 0 Å². The number of hydrogen-bond donors (Lipinski definition) is 2. The number of rotatable bonds is 5. The predicted molar refractivity (Wildman–Crippen MR) is 73.1 cm³/mol. The average molecular weight is 280 g/mol. The van der Waals surface area contributed by atoms with Gasteiger partial charge >= 0.3 is 0 Å². The zero-order valence-electron chi connectivity index (χ0n) is 11.4. The summed E-state index contributed by atoms with van der Waals surface area (Å²) in [5.74, 6) is -0.970. The highest BCUT2D eigenvalue weighted by atomic mass is 19.1. The summed E-state index contributed by atoms with van der Waals surface area (Å²) in [6, 6.07) is 3.61. The maximum absolute atomic E-state index is 13.5. The predicted octanol–water partition coefficient (Wildman–Crippen LogP) is 1.22. The molecule has 0 spiro atoms. The van der Waals surface area contributed by atoms with Gasteiger partial charge in [-0.25, -0.2) is 4.39 Å². The summed E-state index contributed by atoms with van der Waals surface area (Å²) in [7, 11) is 3.67. The molecule has 0 aliphatic heterocycles. The summed E-state index contributed by atoms with van der Waals surface area (Å²) in [4.78, 5) is 14.0. The molecule has 1 heterocycles. The molecular formula is C14H17FN2O3. The highest BCUT2D eigenvalue weighted by Crippen LogP contribution is 2.21. The van der Waals surface area contributed by atoms with Gasteiger partial charge in [-0.3, -0.25) is 4.79 Å². The van der Waals surface area contributed by atoms with Gasteiger partial charge in [-0.15, -0.1) is 0 Å². The van der Waals surface area contributed by atoms with Crippen LogP contribution in [0.1, 0.15) is 10.4 Å². The number of carbonyl (C=O) groups is 1. The number of furan rings is 1. The molecule has 2 aromatic rings. The van der Waals surface area contributed by atoms with Gasteiger partial charge in [0.15, 0.2) is 0 Å². The van der Waals surface area contributed by atoms with E-state index in [2.05, 4.69) is 5.32 Å². The first-order valence-corrected chi connectivity index (χ1v) is 6.24. The Bertz CT molecular complexity index is 609. The van der Waals surface area contributed by atoms with Crippen molar-refractivity contribution in [3.63, 3.8) is 0 Å². The molecule has 108 valence electrons. The van der Waals surface area contributed by atoms with Gasteiger partial charge in [0, 0.05) is 11.9 Å². The lowest BCUT2D eigenvalue weighted by Crippen LogP contribution is -2.44. The second-order valence-electron chi connectivity index (χ2n) is 4.91. The summed E-state index contributed by atoms with van der Waals surface area (Å²) in [6.45, 7) is 0.291. The number of carbonyl (C=O) groups excluding carboxylic acids is 1. The Hall–Kier alpha value is -1.92. The van der Waals surface area contributed by atoms with Crippen molar-refractivity contribution in [2.75, 3.05) is 27.2 Å². The summed E-state index contributed by atoms with van der Waals surface area (Å²) in [6.07, 6.45) is 1.41. The van der Waals surface area contributed by atoms with Crippen molar-refractivity contribution in [2.45, 2.75) is 6.04 Å². The SMILES string of the molecule is CN(C)CC(CO)NC(=O)c1cc(F)cc2ccoc12. The number of nitrogens with zero attached hydrogens (tertiary/aromatic N) is 1. The van der Waals surface area contributed by atoms with Crippen LogP contribution in [0, 0.1) is 5.82 Å². The lowest BCUT2D eigenvalue weighted by Gasteiger charge is -2.20. The van der Waals surface area contributed by atoms with Gasteiger partial charge in [0.1, 0.15) is 11.4 Å². The highest BCUT2D eigenvalue weighted by molar-refractivity contribution is 6.05. The van der Waals surface area contributed by atoms with Crippen LogP contribution in [0.5, 0.6) is 0 Å². The van der Waals surface area contributed by atoms with Crippen LogP contribution in [-0.2, 0) is 0 Å². The molecule has 1 aromatic carbocycles. The average Bonchev–Trinajstić information content (AvgIpc) is 2.84. The molecule has 0 aliphatic carbocycles. The third-order valence-corrected chi connectivity index (χ3v) is 2.90. The van der Waals surface area contributed by atoms with Gasteiger partial charge in [0.2, 0.25) is 0 Å². The fourth-order valence-electron chi connectivity index (χ4n) is 2.07. The van der Waals surface area contributed by atoms with E-state index >= 15 is 0 Å². The molecule has 0 saturated heterocycles. The first-order chi connectivity index (χ1) is 9.51. The number of aliphatic hydroxyl groups is 1. The van der Waals surface area contributed by atoms with E-state index in [-0.39, 0.29) is 12.2 Å². The summed E-state index contributed by atoms with van der Waals surface area (Å²) in [5.41, 5.74) is 0.465. The molecule has 20 heavy (non-hydrogen) atoms. The quantitative estimate of drug-likeness (QED) is 0.864. The molecule has 0 radical (unpaired) electrons. The van der Waals surface area contributed by atoms with Crippen molar-refractivity contribution < 1.29 is 18.7 Å². The van der Waals surface area contributed by atoms with Crippen molar-refractivity contribution in [3.05, 3.63) is 35.8 Å². The minimum absolute atomic E-state index is 0.127. The van der Waals surface area contributed by atoms with E-state index in [4.69, 9.17) is 4.42 Å². The Labute approximate surface area is 116 Å². The van der Waals surface area contributed by atoms with Crippen LogP contribution in [0.15, 0.2) is 28.9 Å². The summed E-state index contributed by atoms with van der Waals surface area (Å²) < 4.78 is 18.7. The first kappa shape index (κ1) is 14.5. The summed E-state index contributed by atoms with van der Waals surface area (Å²) in [5, 5.41) is 12.5. The van der Waals surface area contributed by atoms with Gasteiger partial charge in [0.05, 0.1) is 24.5 Å². The van der Waals surface area contributed by atoms with E-state index in [9.17, 15) is 14.3 Å². The van der Waals surface area contributed by atoms with Crippen LogP contribution in [-0.4, -0.2) is 49.2 Å². The normalized spacial score (nSPS) is 12.8. The number of likely N-dealkylation sites (N-methyl/N-ethyl adjacent to an activating group) is 1. The Kier molecular flexibility index (Phi) is 4.36. The molecule has 0 aliphatic rings. The number of aliphatic hydroxyl groups excluding tert-OH is 1. The third kappa shape index (κ3) is 3.15. The standard InChI is InChI=1S/C14H17FN2O3/c1-17(2)7-11(8-18)16-14(19)12-6-10(15)5-9-3-4-20-13(9)12/h3-6,11,18H,7-8H2,1-2H3,(H,16,19). The second-order valence-corrected chi connectivity index (χ2v) is 4.91. The van der Waals surface area contributed by atoms with E-state index in [0.717, 1.165) is 6.07 Å². The molecule has 1 aromatic heterocycles. The van der Waals surface area contributed by atoms with Gasteiger partial charge in [-0.05, 0) is 32.3 Å². The zero-order valence-corrected chi connectivity index (χ0v) is 11.4. The molecule has 2 N–H and O–H groups in total. The number of hydrogen-bond acceptors (Lipinski definition) is 4. The van der Waals surface area contributed by atoms with Crippen molar-refractivity contribution in [2.24, 2.45) is 0 Å². The molecule has 1 unspecified atom stereocenters. The van der Waals surface area contributed by atoms with Gasteiger partial charge in [-0.2, -0.15) is 0 Å². The smallest absolute Gasteiger partial charge is 0.255 e.